The summed E-state index contributed by atoms with van der Waals surface area (Å²) < 4.78 is 46.4. The number of halogens is 3. The van der Waals surface area contributed by atoms with Gasteiger partial charge in [-0.05, 0) is 31.9 Å². The maximum Gasteiger partial charge on any atom is 0.412 e. The van der Waals surface area contributed by atoms with E-state index in [-0.39, 0.29) is 18.9 Å². The van der Waals surface area contributed by atoms with Crippen molar-refractivity contribution in [3.8, 4) is 0 Å². The molecule has 1 aliphatic heterocycles. The number of alkyl halides is 3. The zero-order valence-corrected chi connectivity index (χ0v) is 17.4. The molecular formula is C21H23F3N6O. The first-order valence-electron chi connectivity index (χ1n) is 9.95. The van der Waals surface area contributed by atoms with Crippen LogP contribution in [-0.4, -0.2) is 50.6 Å². The van der Waals surface area contributed by atoms with Crippen molar-refractivity contribution in [1.29, 1.82) is 0 Å². The van der Waals surface area contributed by atoms with E-state index in [1.807, 2.05) is 31.1 Å². The van der Waals surface area contributed by atoms with Gasteiger partial charge in [-0.3, -0.25) is 4.68 Å². The minimum Gasteiger partial charge on any atom is -0.370 e. The van der Waals surface area contributed by atoms with Gasteiger partial charge in [-0.2, -0.15) is 23.3 Å². The summed E-state index contributed by atoms with van der Waals surface area (Å²) in [4.78, 5) is 15.7. The van der Waals surface area contributed by atoms with Crippen LogP contribution in [0.5, 0.6) is 0 Å². The highest BCUT2D eigenvalue weighted by atomic mass is 19.4. The SMILES string of the molecule is C=C(CCc1nc(N2CCO[C@H](c3cnn(C)c3)C2)nc2nc(C)ccc12)C(F)(F)F. The Morgan fingerprint density at radius 2 is 2.06 bits per heavy atom. The van der Waals surface area contributed by atoms with E-state index in [4.69, 9.17) is 4.74 Å². The number of rotatable bonds is 5. The van der Waals surface area contributed by atoms with E-state index in [2.05, 4.69) is 26.6 Å². The van der Waals surface area contributed by atoms with Crippen molar-refractivity contribution in [2.24, 2.45) is 7.05 Å². The molecule has 10 heteroatoms. The molecule has 0 spiro atoms. The number of aromatic nitrogens is 5. The number of aryl methyl sites for hydroxylation is 3. The summed E-state index contributed by atoms with van der Waals surface area (Å²) in [7, 11) is 1.84. The predicted molar refractivity (Wildman–Crippen MR) is 110 cm³/mol. The predicted octanol–water partition coefficient (Wildman–Crippen LogP) is 3.70. The molecule has 7 nitrogen and oxygen atoms in total. The van der Waals surface area contributed by atoms with E-state index in [0.717, 1.165) is 11.3 Å². The number of pyridine rings is 1. The van der Waals surface area contributed by atoms with Crippen molar-refractivity contribution in [3.05, 3.63) is 53.6 Å². The molecule has 164 valence electrons. The first-order chi connectivity index (χ1) is 14.7. The smallest absolute Gasteiger partial charge is 0.370 e. The van der Waals surface area contributed by atoms with Gasteiger partial charge in [0, 0.05) is 42.0 Å². The maximum absolute atomic E-state index is 12.9. The highest BCUT2D eigenvalue weighted by Gasteiger charge is 2.31. The Morgan fingerprint density at radius 3 is 2.77 bits per heavy atom. The number of ether oxygens (including phenoxy) is 1. The van der Waals surface area contributed by atoms with E-state index >= 15 is 0 Å². The second kappa shape index (κ2) is 8.26. The molecule has 0 unspecified atom stereocenters. The fourth-order valence-corrected chi connectivity index (χ4v) is 3.54. The number of anilines is 1. The normalized spacial score (nSPS) is 17.3. The lowest BCUT2D eigenvalue weighted by Gasteiger charge is -2.32. The summed E-state index contributed by atoms with van der Waals surface area (Å²) in [5.41, 5.74) is 1.95. The minimum atomic E-state index is -4.42. The zero-order valence-electron chi connectivity index (χ0n) is 17.4. The molecule has 0 N–H and O–H groups in total. The Bertz CT molecular complexity index is 1110. The molecule has 0 aliphatic carbocycles. The summed E-state index contributed by atoms with van der Waals surface area (Å²) in [6, 6.07) is 3.62. The second-order valence-corrected chi connectivity index (χ2v) is 7.65. The third-order valence-electron chi connectivity index (χ3n) is 5.28. The van der Waals surface area contributed by atoms with Gasteiger partial charge in [0.15, 0.2) is 5.65 Å². The first kappa shape index (κ1) is 21.2. The number of morpholine rings is 1. The van der Waals surface area contributed by atoms with Crippen LogP contribution < -0.4 is 4.90 Å². The number of hydrogen-bond donors (Lipinski definition) is 0. The summed E-state index contributed by atoms with van der Waals surface area (Å²) in [5, 5.41) is 4.85. The molecular weight excluding hydrogens is 409 g/mol. The Hall–Kier alpha value is -3.01. The summed E-state index contributed by atoms with van der Waals surface area (Å²) >= 11 is 0. The van der Waals surface area contributed by atoms with Crippen LogP contribution in [-0.2, 0) is 18.2 Å². The lowest BCUT2D eigenvalue weighted by atomic mass is 10.1. The van der Waals surface area contributed by atoms with Gasteiger partial charge in [0.25, 0.3) is 0 Å². The topological polar surface area (TPSA) is 69.0 Å². The Balaban J connectivity index is 1.64. The summed E-state index contributed by atoms with van der Waals surface area (Å²) in [6.07, 6.45) is -1.08. The van der Waals surface area contributed by atoms with Gasteiger partial charge in [0.05, 0.1) is 25.0 Å². The highest BCUT2D eigenvalue weighted by molar-refractivity contribution is 5.78. The molecule has 0 bridgehead atoms. The molecule has 0 saturated carbocycles. The molecule has 1 aliphatic rings. The van der Waals surface area contributed by atoms with Gasteiger partial charge in [-0.1, -0.05) is 6.58 Å². The van der Waals surface area contributed by atoms with Crippen LogP contribution in [0.15, 0.2) is 36.7 Å². The third kappa shape index (κ3) is 4.68. The average Bonchev–Trinajstić information content (AvgIpc) is 3.17. The Morgan fingerprint density at radius 1 is 1.26 bits per heavy atom. The van der Waals surface area contributed by atoms with Crippen LogP contribution >= 0.6 is 0 Å². The molecule has 4 heterocycles. The van der Waals surface area contributed by atoms with Crippen LogP contribution in [0.4, 0.5) is 19.1 Å². The van der Waals surface area contributed by atoms with Crippen molar-refractivity contribution in [1.82, 2.24) is 24.7 Å². The second-order valence-electron chi connectivity index (χ2n) is 7.65. The average molecular weight is 432 g/mol. The fraction of sp³-hybridized carbons (Fsp3) is 0.429. The van der Waals surface area contributed by atoms with Gasteiger partial charge >= 0.3 is 6.18 Å². The maximum atomic E-state index is 12.9. The van der Waals surface area contributed by atoms with Crippen molar-refractivity contribution < 1.29 is 17.9 Å². The lowest BCUT2D eigenvalue weighted by molar-refractivity contribution is -0.0935. The zero-order chi connectivity index (χ0) is 22.2. The van der Waals surface area contributed by atoms with Crippen LogP contribution in [0.2, 0.25) is 0 Å². The lowest BCUT2D eigenvalue weighted by Crippen LogP contribution is -2.39. The number of nitrogens with zero attached hydrogens (tertiary/aromatic N) is 6. The molecule has 1 saturated heterocycles. The number of allylic oxidation sites excluding steroid dienone is 1. The van der Waals surface area contributed by atoms with Crippen LogP contribution in [0.3, 0.4) is 0 Å². The first-order valence-corrected chi connectivity index (χ1v) is 9.95. The number of hydrogen-bond acceptors (Lipinski definition) is 6. The van der Waals surface area contributed by atoms with Crippen molar-refractivity contribution in [2.45, 2.75) is 32.0 Å². The molecule has 31 heavy (non-hydrogen) atoms. The van der Waals surface area contributed by atoms with Crippen molar-refractivity contribution in [2.75, 3.05) is 24.6 Å². The Kier molecular flexibility index (Phi) is 5.65. The van der Waals surface area contributed by atoms with Gasteiger partial charge in [-0.15, -0.1) is 0 Å². The van der Waals surface area contributed by atoms with E-state index in [0.29, 0.717) is 42.4 Å². The van der Waals surface area contributed by atoms with E-state index in [9.17, 15) is 13.2 Å². The summed E-state index contributed by atoms with van der Waals surface area (Å²) in [6.45, 7) is 6.58. The van der Waals surface area contributed by atoms with Crippen LogP contribution in [0.1, 0.15) is 29.5 Å². The molecule has 4 rings (SSSR count). The molecule has 3 aromatic rings. The Labute approximate surface area is 177 Å². The van der Waals surface area contributed by atoms with Crippen molar-refractivity contribution >= 4 is 17.0 Å². The molecule has 0 aromatic carbocycles. The highest BCUT2D eigenvalue weighted by Crippen LogP contribution is 2.30. The molecule has 0 amide bonds. The largest absolute Gasteiger partial charge is 0.412 e. The van der Waals surface area contributed by atoms with Gasteiger partial charge in [0.1, 0.15) is 6.10 Å². The van der Waals surface area contributed by atoms with Crippen LogP contribution in [0, 0.1) is 6.92 Å². The molecule has 1 fully saturated rings. The van der Waals surface area contributed by atoms with E-state index in [1.54, 1.807) is 16.9 Å². The van der Waals surface area contributed by atoms with Gasteiger partial charge in [0.2, 0.25) is 5.95 Å². The molecule has 3 aromatic heterocycles. The molecule has 1 atom stereocenters. The van der Waals surface area contributed by atoms with Gasteiger partial charge in [-0.25, -0.2) is 9.97 Å². The fourth-order valence-electron chi connectivity index (χ4n) is 3.54. The minimum absolute atomic E-state index is 0.103. The van der Waals surface area contributed by atoms with E-state index in [1.165, 1.54) is 0 Å². The van der Waals surface area contributed by atoms with Crippen LogP contribution in [0.25, 0.3) is 11.0 Å². The monoisotopic (exact) mass is 432 g/mol. The summed E-state index contributed by atoms with van der Waals surface area (Å²) in [5.74, 6) is 0.440. The quantitative estimate of drug-likeness (QED) is 0.573. The van der Waals surface area contributed by atoms with E-state index < -0.39 is 11.7 Å². The standard InChI is InChI=1S/C21H23F3N6O/c1-13(21(22,23)24)4-7-17-16-6-5-14(2)26-19(16)28-20(27-17)30-8-9-31-18(12-30)15-10-25-29(3)11-15/h5-6,10-11,18H,1,4,7-9,12H2,2-3H3/t18-/m0/s1. The van der Waals surface area contributed by atoms with Gasteiger partial charge < -0.3 is 9.64 Å². The van der Waals surface area contributed by atoms with Crippen molar-refractivity contribution in [3.63, 3.8) is 0 Å². The number of fused-ring (bicyclic) bond motifs is 1. The molecule has 0 radical (unpaired) electrons. The third-order valence-corrected chi connectivity index (χ3v) is 5.28.